The summed E-state index contributed by atoms with van der Waals surface area (Å²) in [6.07, 6.45) is 0.690. The molecule has 0 atom stereocenters. The Balaban J connectivity index is 1.55. The van der Waals surface area contributed by atoms with Gasteiger partial charge in [0.1, 0.15) is 15.5 Å². The fraction of sp³-hybridized carbons (Fsp3) is 0.409. The van der Waals surface area contributed by atoms with E-state index in [0.29, 0.717) is 17.9 Å². The van der Waals surface area contributed by atoms with E-state index in [0.717, 1.165) is 59.9 Å². The first-order valence-electron chi connectivity index (χ1n) is 10.2. The first-order valence-corrected chi connectivity index (χ1v) is 11.4. The summed E-state index contributed by atoms with van der Waals surface area (Å²) in [4.78, 5) is 27.6. The largest absolute Gasteiger partial charge is 0.461 e. The van der Waals surface area contributed by atoms with Gasteiger partial charge in [-0.2, -0.15) is 4.98 Å². The first-order chi connectivity index (χ1) is 14.6. The van der Waals surface area contributed by atoms with Gasteiger partial charge in [-0.3, -0.25) is 0 Å². The zero-order valence-electron chi connectivity index (χ0n) is 17.2. The summed E-state index contributed by atoms with van der Waals surface area (Å²) in [5.41, 5.74) is 2.01. The van der Waals surface area contributed by atoms with Gasteiger partial charge in [-0.05, 0) is 36.2 Å². The van der Waals surface area contributed by atoms with Crippen molar-refractivity contribution in [2.45, 2.75) is 20.3 Å². The van der Waals surface area contributed by atoms with Crippen LogP contribution in [-0.2, 0) is 11.2 Å². The number of thiophene rings is 1. The molecule has 158 valence electrons. The van der Waals surface area contributed by atoms with Crippen molar-refractivity contribution in [3.63, 3.8) is 0 Å². The Morgan fingerprint density at radius 3 is 2.60 bits per heavy atom. The number of hydrogen-bond donors (Lipinski definition) is 0. The van der Waals surface area contributed by atoms with Crippen molar-refractivity contribution >= 4 is 44.9 Å². The van der Waals surface area contributed by atoms with Gasteiger partial charge in [0.15, 0.2) is 0 Å². The third kappa shape index (κ3) is 4.43. The molecule has 1 aromatic carbocycles. The normalized spacial score (nSPS) is 15.0. The Labute approximate surface area is 185 Å². The number of anilines is 1. The lowest BCUT2D eigenvalue weighted by Crippen LogP contribution is -2.46. The minimum absolute atomic E-state index is 0.209. The number of aromatic nitrogens is 2. The molecule has 1 aliphatic rings. The number of aryl methyl sites for hydroxylation is 1. The summed E-state index contributed by atoms with van der Waals surface area (Å²) in [6.45, 7) is 9.22. The Hall–Kier alpha value is -2.22. The smallest absolute Gasteiger partial charge is 0.348 e. The molecule has 3 heterocycles. The zero-order valence-corrected chi connectivity index (χ0v) is 18.8. The Kier molecular flexibility index (Phi) is 6.51. The lowest BCUT2D eigenvalue weighted by atomic mass is 10.1. The number of carbonyl (C=O) groups is 1. The van der Waals surface area contributed by atoms with Gasteiger partial charge < -0.3 is 14.5 Å². The van der Waals surface area contributed by atoms with E-state index in [1.165, 1.54) is 11.3 Å². The van der Waals surface area contributed by atoms with Crippen LogP contribution >= 0.6 is 22.9 Å². The predicted octanol–water partition coefficient (Wildman–Crippen LogP) is 4.19. The van der Waals surface area contributed by atoms with Gasteiger partial charge in [-0.15, -0.1) is 11.3 Å². The molecular formula is C22H25ClN4O2S. The van der Waals surface area contributed by atoms with Crippen molar-refractivity contribution in [1.82, 2.24) is 14.9 Å². The fourth-order valence-corrected chi connectivity index (χ4v) is 5.05. The number of hydrogen-bond acceptors (Lipinski definition) is 7. The molecule has 4 rings (SSSR count). The van der Waals surface area contributed by atoms with E-state index in [4.69, 9.17) is 16.3 Å². The van der Waals surface area contributed by atoms with E-state index in [2.05, 4.69) is 26.7 Å². The highest BCUT2D eigenvalue weighted by molar-refractivity contribution is 7.20. The van der Waals surface area contributed by atoms with Gasteiger partial charge in [-0.25, -0.2) is 9.78 Å². The van der Waals surface area contributed by atoms with Crippen LogP contribution in [0.1, 0.15) is 27.7 Å². The molecule has 3 aromatic rings. The van der Waals surface area contributed by atoms with Gasteiger partial charge in [-0.1, -0.05) is 37.3 Å². The third-order valence-electron chi connectivity index (χ3n) is 5.51. The molecule has 1 saturated heterocycles. The average Bonchev–Trinajstić information content (AvgIpc) is 3.10. The van der Waals surface area contributed by atoms with Gasteiger partial charge in [0.2, 0.25) is 5.28 Å². The molecule has 0 radical (unpaired) electrons. The highest BCUT2D eigenvalue weighted by Gasteiger charge is 2.25. The van der Waals surface area contributed by atoms with Crippen molar-refractivity contribution in [1.29, 1.82) is 0 Å². The topological polar surface area (TPSA) is 58.6 Å². The van der Waals surface area contributed by atoms with Crippen LogP contribution in [0.2, 0.25) is 5.28 Å². The SMILES string of the molecule is CCN1CCN(c2nc(Cl)nc3sc(C(=O)OCCc4ccccc4)c(C)c23)CC1. The second-order valence-corrected chi connectivity index (χ2v) is 8.68. The number of nitrogens with zero attached hydrogens (tertiary/aromatic N) is 4. The van der Waals surface area contributed by atoms with Crippen LogP contribution in [0.15, 0.2) is 30.3 Å². The van der Waals surface area contributed by atoms with Crippen molar-refractivity contribution in [3.8, 4) is 0 Å². The Bertz CT molecular complexity index is 1030. The van der Waals surface area contributed by atoms with E-state index < -0.39 is 0 Å². The summed E-state index contributed by atoms with van der Waals surface area (Å²) in [6, 6.07) is 10.00. The molecule has 8 heteroatoms. The average molecular weight is 445 g/mol. The number of piperazine rings is 1. The fourth-order valence-electron chi connectivity index (χ4n) is 3.76. The molecule has 1 aliphatic heterocycles. The molecule has 0 saturated carbocycles. The van der Waals surface area contributed by atoms with Crippen molar-refractivity contribution in [2.24, 2.45) is 0 Å². The number of ether oxygens (including phenoxy) is 1. The molecule has 6 nitrogen and oxygen atoms in total. The predicted molar refractivity (Wildman–Crippen MR) is 122 cm³/mol. The quantitative estimate of drug-likeness (QED) is 0.419. The maximum atomic E-state index is 12.8. The molecule has 0 unspecified atom stereocenters. The molecular weight excluding hydrogens is 420 g/mol. The molecule has 0 spiro atoms. The molecule has 0 amide bonds. The third-order valence-corrected chi connectivity index (χ3v) is 6.85. The monoisotopic (exact) mass is 444 g/mol. The number of benzene rings is 1. The van der Waals surface area contributed by atoms with Crippen molar-refractivity contribution < 1.29 is 9.53 Å². The number of fused-ring (bicyclic) bond motifs is 1. The highest BCUT2D eigenvalue weighted by atomic mass is 35.5. The maximum Gasteiger partial charge on any atom is 0.348 e. The first kappa shape index (κ1) is 21.0. The summed E-state index contributed by atoms with van der Waals surface area (Å²) in [5, 5.41) is 1.12. The number of rotatable bonds is 6. The van der Waals surface area contributed by atoms with E-state index in [-0.39, 0.29) is 11.3 Å². The molecule has 0 bridgehead atoms. The van der Waals surface area contributed by atoms with Gasteiger partial charge in [0.05, 0.1) is 12.0 Å². The summed E-state index contributed by atoms with van der Waals surface area (Å²) in [5.74, 6) is 0.502. The molecule has 1 fully saturated rings. The lowest BCUT2D eigenvalue weighted by molar-refractivity contribution is 0.0514. The number of carbonyl (C=O) groups excluding carboxylic acids is 1. The van der Waals surface area contributed by atoms with E-state index in [1.54, 1.807) is 0 Å². The lowest BCUT2D eigenvalue weighted by Gasteiger charge is -2.35. The summed E-state index contributed by atoms with van der Waals surface area (Å²) < 4.78 is 5.56. The zero-order chi connectivity index (χ0) is 21.1. The second-order valence-electron chi connectivity index (χ2n) is 7.35. The van der Waals surface area contributed by atoms with Gasteiger partial charge in [0, 0.05) is 32.6 Å². The van der Waals surface area contributed by atoms with E-state index >= 15 is 0 Å². The van der Waals surface area contributed by atoms with Crippen LogP contribution in [0.25, 0.3) is 10.2 Å². The Morgan fingerprint density at radius 2 is 1.90 bits per heavy atom. The molecule has 30 heavy (non-hydrogen) atoms. The molecule has 2 aromatic heterocycles. The number of halogens is 1. The minimum Gasteiger partial charge on any atom is -0.461 e. The van der Waals surface area contributed by atoms with Crippen LogP contribution in [-0.4, -0.2) is 60.2 Å². The van der Waals surface area contributed by atoms with Crippen molar-refractivity contribution in [2.75, 3.05) is 44.2 Å². The molecule has 0 N–H and O–H groups in total. The highest BCUT2D eigenvalue weighted by Crippen LogP contribution is 2.37. The van der Waals surface area contributed by atoms with Crippen LogP contribution < -0.4 is 4.90 Å². The summed E-state index contributed by atoms with van der Waals surface area (Å²) in [7, 11) is 0. The van der Waals surface area contributed by atoms with E-state index in [9.17, 15) is 4.79 Å². The number of likely N-dealkylation sites (N-methyl/N-ethyl adjacent to an activating group) is 1. The Morgan fingerprint density at radius 1 is 1.17 bits per heavy atom. The van der Waals surface area contributed by atoms with Crippen LogP contribution in [0, 0.1) is 6.92 Å². The van der Waals surface area contributed by atoms with Crippen LogP contribution in [0.4, 0.5) is 5.82 Å². The van der Waals surface area contributed by atoms with Gasteiger partial charge in [0.25, 0.3) is 0 Å². The van der Waals surface area contributed by atoms with Crippen LogP contribution in [0.5, 0.6) is 0 Å². The maximum absolute atomic E-state index is 12.8. The number of esters is 1. The minimum atomic E-state index is -0.315. The standard InChI is InChI=1S/C22H25ClN4O2S/c1-3-26-10-12-27(13-11-26)19-17-15(2)18(30-20(17)25-22(23)24-19)21(28)29-14-9-16-7-5-4-6-8-16/h4-8H,3,9-14H2,1-2H3. The van der Waals surface area contributed by atoms with Crippen molar-refractivity contribution in [3.05, 3.63) is 51.6 Å². The van der Waals surface area contributed by atoms with E-state index in [1.807, 2.05) is 37.3 Å². The van der Waals surface area contributed by atoms with Crippen LogP contribution in [0.3, 0.4) is 0 Å². The second kappa shape index (κ2) is 9.29. The summed E-state index contributed by atoms with van der Waals surface area (Å²) >= 11 is 7.55. The van der Waals surface area contributed by atoms with Gasteiger partial charge >= 0.3 is 5.97 Å². The molecule has 0 aliphatic carbocycles.